The van der Waals surface area contributed by atoms with Crippen LogP contribution in [-0.4, -0.2) is 96.7 Å². The molecule has 19 heteroatoms. The lowest BCUT2D eigenvalue weighted by Crippen LogP contribution is -2.30. The number of aliphatic hydroxyl groups is 1. The average molecular weight is 1300 g/mol. The van der Waals surface area contributed by atoms with Crippen LogP contribution < -0.4 is 0 Å². The smallest absolute Gasteiger partial charge is 0.462 e. The zero-order valence-electron chi connectivity index (χ0n) is 57.3. The van der Waals surface area contributed by atoms with Crippen LogP contribution in [0.1, 0.15) is 338 Å². The standard InChI is InChI=1S/C69H134O17P2/c1-9-62(8)48-40-32-24-18-19-27-36-44-52-69(74)86-65(56-80-67(72)50-42-34-28-20-23-31-39-47-61(6)7)58-84-88(77,78)82-54-63(70)53-81-87(75,76)83-57-64(85-68(73)51-43-35-26-17-13-15-22-30-38-46-60(4)5)55-79-66(71)49-41-33-25-16-12-10-11-14-21-29-37-45-59(2)3/h59-65,70H,9-58H2,1-8H3,(H,75,76)(H,77,78)/t62?,63?,64-,65-/m1/s1. The van der Waals surface area contributed by atoms with E-state index in [1.165, 1.54) is 135 Å². The lowest BCUT2D eigenvalue weighted by molar-refractivity contribution is -0.161. The molecule has 0 aliphatic rings. The van der Waals surface area contributed by atoms with Crippen LogP contribution in [0.15, 0.2) is 0 Å². The minimum Gasteiger partial charge on any atom is -0.462 e. The van der Waals surface area contributed by atoms with Crippen molar-refractivity contribution in [3.63, 3.8) is 0 Å². The Labute approximate surface area is 537 Å². The molecule has 6 atom stereocenters. The van der Waals surface area contributed by atoms with Gasteiger partial charge in [-0.15, -0.1) is 0 Å². The maximum absolute atomic E-state index is 13.0. The summed E-state index contributed by atoms with van der Waals surface area (Å²) >= 11 is 0. The average Bonchev–Trinajstić information content (AvgIpc) is 3.54. The van der Waals surface area contributed by atoms with Crippen molar-refractivity contribution in [3.05, 3.63) is 0 Å². The summed E-state index contributed by atoms with van der Waals surface area (Å²) < 4.78 is 68.2. The summed E-state index contributed by atoms with van der Waals surface area (Å²) in [7, 11) is -9.90. The van der Waals surface area contributed by atoms with E-state index in [0.717, 1.165) is 114 Å². The van der Waals surface area contributed by atoms with E-state index in [0.29, 0.717) is 31.6 Å². The van der Waals surface area contributed by atoms with Crippen LogP contribution in [0.25, 0.3) is 0 Å². The Morgan fingerprint density at radius 3 is 0.807 bits per heavy atom. The SMILES string of the molecule is CCC(C)CCCCCCCCCCC(=O)O[C@H](COC(=O)CCCCCCCCCC(C)C)COP(=O)(O)OCC(O)COP(=O)(O)OC[C@@H](COC(=O)CCCCCCCCCCCCCC(C)C)OC(=O)CCCCCCCCCCCC(C)C. The molecule has 522 valence electrons. The van der Waals surface area contributed by atoms with Gasteiger partial charge in [-0.2, -0.15) is 0 Å². The molecule has 88 heavy (non-hydrogen) atoms. The molecule has 17 nitrogen and oxygen atoms in total. The molecule has 4 unspecified atom stereocenters. The summed E-state index contributed by atoms with van der Waals surface area (Å²) in [6, 6.07) is 0. The Morgan fingerprint density at radius 1 is 0.318 bits per heavy atom. The summed E-state index contributed by atoms with van der Waals surface area (Å²) in [4.78, 5) is 72.5. The maximum Gasteiger partial charge on any atom is 0.472 e. The summed E-state index contributed by atoms with van der Waals surface area (Å²) in [5.74, 6) is 0.849. The molecule has 0 aromatic rings. The number of rotatable bonds is 66. The molecule has 0 saturated heterocycles. The Balaban J connectivity index is 5.26. The number of esters is 4. The number of ether oxygens (including phenoxy) is 4. The van der Waals surface area contributed by atoms with E-state index in [1.54, 1.807) is 0 Å². The van der Waals surface area contributed by atoms with Gasteiger partial charge in [0.2, 0.25) is 0 Å². The lowest BCUT2D eigenvalue weighted by atomic mass is 9.99. The third kappa shape index (κ3) is 61.6. The molecular weight excluding hydrogens is 1160 g/mol. The van der Waals surface area contributed by atoms with Gasteiger partial charge in [0.25, 0.3) is 0 Å². The minimum atomic E-state index is -4.95. The fraction of sp³-hybridized carbons (Fsp3) is 0.942. The molecule has 0 fully saturated rings. The van der Waals surface area contributed by atoms with Gasteiger partial charge in [0, 0.05) is 25.7 Å². The van der Waals surface area contributed by atoms with Gasteiger partial charge in [0.15, 0.2) is 12.2 Å². The maximum atomic E-state index is 13.0. The van der Waals surface area contributed by atoms with Crippen molar-refractivity contribution >= 4 is 39.5 Å². The zero-order valence-corrected chi connectivity index (χ0v) is 59.1. The highest BCUT2D eigenvalue weighted by molar-refractivity contribution is 7.47. The number of hydrogen-bond acceptors (Lipinski definition) is 15. The largest absolute Gasteiger partial charge is 0.472 e. The summed E-state index contributed by atoms with van der Waals surface area (Å²) in [6.45, 7) is 14.1. The first-order valence-electron chi connectivity index (χ1n) is 35.7. The number of carbonyl (C=O) groups excluding carboxylic acids is 4. The van der Waals surface area contributed by atoms with Crippen LogP contribution in [-0.2, 0) is 65.4 Å². The van der Waals surface area contributed by atoms with E-state index in [2.05, 4.69) is 55.4 Å². The predicted molar refractivity (Wildman–Crippen MR) is 354 cm³/mol. The van der Waals surface area contributed by atoms with Crippen molar-refractivity contribution in [2.75, 3.05) is 39.6 Å². The summed E-state index contributed by atoms with van der Waals surface area (Å²) in [5.41, 5.74) is 0. The molecular formula is C69H134O17P2. The number of unbranched alkanes of at least 4 members (excludes halogenated alkanes) is 31. The van der Waals surface area contributed by atoms with Gasteiger partial charge in [-0.1, -0.05) is 287 Å². The minimum absolute atomic E-state index is 0.104. The van der Waals surface area contributed by atoms with Gasteiger partial charge in [0.05, 0.1) is 26.4 Å². The van der Waals surface area contributed by atoms with Crippen LogP contribution in [0.2, 0.25) is 0 Å². The molecule has 0 saturated carbocycles. The molecule has 0 amide bonds. The van der Waals surface area contributed by atoms with E-state index in [4.69, 9.17) is 37.0 Å². The van der Waals surface area contributed by atoms with E-state index in [-0.39, 0.29) is 25.7 Å². The van der Waals surface area contributed by atoms with Crippen LogP contribution in [0.5, 0.6) is 0 Å². The predicted octanol–water partition coefficient (Wildman–Crippen LogP) is 19.3. The summed E-state index contributed by atoms with van der Waals surface area (Å²) in [5, 5.41) is 10.6. The van der Waals surface area contributed by atoms with Crippen molar-refractivity contribution in [3.8, 4) is 0 Å². The fourth-order valence-corrected chi connectivity index (χ4v) is 11.9. The number of carbonyl (C=O) groups is 4. The molecule has 0 aliphatic heterocycles. The first kappa shape index (κ1) is 86.1. The molecule has 0 radical (unpaired) electrons. The number of phosphoric acid groups is 2. The Morgan fingerprint density at radius 2 is 0.545 bits per heavy atom. The third-order valence-electron chi connectivity index (χ3n) is 16.2. The highest BCUT2D eigenvalue weighted by Crippen LogP contribution is 2.45. The van der Waals surface area contributed by atoms with Crippen molar-refractivity contribution in [2.45, 2.75) is 356 Å². The summed E-state index contributed by atoms with van der Waals surface area (Å²) in [6.07, 6.45) is 40.3. The van der Waals surface area contributed by atoms with Gasteiger partial charge in [-0.3, -0.25) is 37.3 Å². The molecule has 0 heterocycles. The Hall–Kier alpha value is -1.94. The Bertz CT molecular complexity index is 1750. The van der Waals surface area contributed by atoms with Crippen molar-refractivity contribution in [1.29, 1.82) is 0 Å². The van der Waals surface area contributed by atoms with Crippen molar-refractivity contribution < 1.29 is 80.2 Å². The van der Waals surface area contributed by atoms with Gasteiger partial charge in [-0.05, 0) is 49.4 Å². The molecule has 3 N–H and O–H groups in total. The van der Waals surface area contributed by atoms with Crippen LogP contribution in [0.3, 0.4) is 0 Å². The number of aliphatic hydroxyl groups excluding tert-OH is 1. The molecule has 0 rings (SSSR count). The first-order chi connectivity index (χ1) is 42.1. The highest BCUT2D eigenvalue weighted by Gasteiger charge is 2.30. The number of hydrogen-bond donors (Lipinski definition) is 3. The molecule has 0 spiro atoms. The van der Waals surface area contributed by atoms with Gasteiger partial charge in [-0.25, -0.2) is 9.13 Å². The zero-order chi connectivity index (χ0) is 65.4. The second kappa shape index (κ2) is 58.8. The van der Waals surface area contributed by atoms with Gasteiger partial charge in [0.1, 0.15) is 19.3 Å². The van der Waals surface area contributed by atoms with Crippen LogP contribution in [0.4, 0.5) is 0 Å². The fourth-order valence-electron chi connectivity index (χ4n) is 10.3. The quantitative estimate of drug-likeness (QED) is 0.0222. The highest BCUT2D eigenvalue weighted by atomic mass is 31.2. The lowest BCUT2D eigenvalue weighted by Gasteiger charge is -2.21. The number of phosphoric ester groups is 2. The molecule has 0 bridgehead atoms. The monoisotopic (exact) mass is 1300 g/mol. The third-order valence-corrected chi connectivity index (χ3v) is 18.1. The topological polar surface area (TPSA) is 237 Å². The van der Waals surface area contributed by atoms with Crippen molar-refractivity contribution in [2.24, 2.45) is 23.7 Å². The first-order valence-corrected chi connectivity index (χ1v) is 38.7. The molecule has 0 aromatic heterocycles. The Kier molecular flexibility index (Phi) is 57.6. The molecule has 0 aliphatic carbocycles. The van der Waals surface area contributed by atoms with Crippen LogP contribution in [0, 0.1) is 23.7 Å². The van der Waals surface area contributed by atoms with E-state index < -0.39 is 97.5 Å². The van der Waals surface area contributed by atoms with E-state index >= 15 is 0 Å². The normalized spacial score (nSPS) is 14.6. The second-order valence-corrected chi connectivity index (χ2v) is 29.5. The second-order valence-electron chi connectivity index (χ2n) is 26.6. The van der Waals surface area contributed by atoms with Gasteiger partial charge >= 0.3 is 39.5 Å². The van der Waals surface area contributed by atoms with Gasteiger partial charge < -0.3 is 33.8 Å². The van der Waals surface area contributed by atoms with E-state index in [1.807, 2.05) is 0 Å². The van der Waals surface area contributed by atoms with Crippen LogP contribution >= 0.6 is 15.6 Å². The molecule has 0 aromatic carbocycles. The van der Waals surface area contributed by atoms with Crippen molar-refractivity contribution in [1.82, 2.24) is 0 Å². The van der Waals surface area contributed by atoms with E-state index in [9.17, 15) is 43.2 Å².